The number of carbonyl (C=O) groups excluding carboxylic acids is 1. The molecule has 41 heavy (non-hydrogen) atoms. The number of fused-ring (bicyclic) bond motifs is 2. The van der Waals surface area contributed by atoms with Gasteiger partial charge in [-0.2, -0.15) is 0 Å². The molecule has 4 aromatic rings. The number of anilines is 2. The first-order chi connectivity index (χ1) is 19.6. The maximum atomic E-state index is 13.7. The number of phenols is 2. The van der Waals surface area contributed by atoms with Crippen LogP contribution in [0.4, 0.5) is 11.4 Å². The third-order valence-electron chi connectivity index (χ3n) is 7.28. The molecule has 0 bridgehead atoms. The number of carboxylic acid groups (broad SMARTS) is 1. The van der Waals surface area contributed by atoms with E-state index in [1.165, 1.54) is 12.1 Å². The fourth-order valence-electron chi connectivity index (χ4n) is 5.11. The number of amides is 1. The Hall–Kier alpha value is -5.18. The highest BCUT2D eigenvalue weighted by Crippen LogP contribution is 2.50. The topological polar surface area (TPSA) is 123 Å². The number of carbonyl (C=O) groups is 2. The van der Waals surface area contributed by atoms with Crippen LogP contribution >= 0.6 is 0 Å². The van der Waals surface area contributed by atoms with E-state index in [2.05, 4.69) is 5.32 Å². The quantitative estimate of drug-likeness (QED) is 0.204. The van der Waals surface area contributed by atoms with Crippen molar-refractivity contribution in [1.82, 2.24) is 5.32 Å². The molecule has 4 aromatic carbocycles. The molecular weight excluding hydrogens is 522 g/mol. The van der Waals surface area contributed by atoms with E-state index < -0.39 is 17.8 Å². The Labute approximate surface area is 237 Å². The number of aromatic carboxylic acids is 1. The van der Waals surface area contributed by atoms with E-state index in [1.54, 1.807) is 24.3 Å². The van der Waals surface area contributed by atoms with E-state index in [9.17, 15) is 24.9 Å². The van der Waals surface area contributed by atoms with Crippen LogP contribution in [0, 0.1) is 0 Å². The lowest BCUT2D eigenvalue weighted by molar-refractivity contribution is 0.0695. The number of ether oxygens (including phenoxy) is 1. The molecule has 1 aliphatic heterocycles. The van der Waals surface area contributed by atoms with Crippen molar-refractivity contribution in [3.8, 4) is 23.0 Å². The van der Waals surface area contributed by atoms with Gasteiger partial charge in [0.2, 0.25) is 0 Å². The van der Waals surface area contributed by atoms with Gasteiger partial charge in [-0.05, 0) is 35.9 Å². The second-order valence-corrected chi connectivity index (χ2v) is 10.3. The second-order valence-electron chi connectivity index (χ2n) is 10.3. The molecule has 5 rings (SSSR count). The summed E-state index contributed by atoms with van der Waals surface area (Å²) in [5.41, 5.74) is 4.11. The zero-order chi connectivity index (χ0) is 29.4. The largest absolute Gasteiger partial charge is 0.504 e. The smallest absolute Gasteiger partial charge is 0.336 e. The number of hydrogen-bond donors (Lipinski definition) is 4. The molecule has 1 aliphatic rings. The van der Waals surface area contributed by atoms with E-state index in [0.717, 1.165) is 22.5 Å². The van der Waals surface area contributed by atoms with Gasteiger partial charge in [0, 0.05) is 86.4 Å². The highest BCUT2D eigenvalue weighted by atomic mass is 16.5. The standard InChI is InChI=1S/C32H31N3O6/c1-34(2)19-11-13-21-26(15-19)41-27-16-20(35(3)4)12-14-22(27)28(21)29-23(8-6-9-24(29)32(39)40)31(38)33-17-18-7-5-10-25(36)30(18)37/h5-16,28,36-37H,17H2,1-4H3,(H,33,38)(H,39,40). The van der Waals surface area contributed by atoms with Crippen LogP contribution in [0.5, 0.6) is 23.0 Å². The number of aromatic hydroxyl groups is 2. The van der Waals surface area contributed by atoms with Crippen molar-refractivity contribution in [3.63, 3.8) is 0 Å². The Bertz CT molecular complexity index is 1610. The number of nitrogens with zero attached hydrogens (tertiary/aromatic N) is 2. The fourth-order valence-corrected chi connectivity index (χ4v) is 5.11. The second kappa shape index (κ2) is 10.8. The van der Waals surface area contributed by atoms with Gasteiger partial charge >= 0.3 is 5.97 Å². The van der Waals surface area contributed by atoms with Gasteiger partial charge in [0.25, 0.3) is 5.91 Å². The highest BCUT2D eigenvalue weighted by molar-refractivity contribution is 6.01. The van der Waals surface area contributed by atoms with Crippen LogP contribution < -0.4 is 19.9 Å². The SMILES string of the molecule is CN(C)c1ccc2c(c1)Oc1cc(N(C)C)ccc1C2c1c(C(=O)O)cccc1C(=O)NCc1cccc(O)c1O. The van der Waals surface area contributed by atoms with Gasteiger partial charge in [0.15, 0.2) is 11.5 Å². The lowest BCUT2D eigenvalue weighted by Gasteiger charge is -2.32. The summed E-state index contributed by atoms with van der Waals surface area (Å²) < 4.78 is 6.39. The van der Waals surface area contributed by atoms with E-state index in [4.69, 9.17) is 4.74 Å². The molecule has 0 spiro atoms. The molecule has 210 valence electrons. The summed E-state index contributed by atoms with van der Waals surface area (Å²) in [6.45, 7) is -0.0743. The Balaban J connectivity index is 1.68. The summed E-state index contributed by atoms with van der Waals surface area (Å²) in [6.07, 6.45) is 0. The third kappa shape index (κ3) is 5.09. The molecule has 1 amide bonds. The summed E-state index contributed by atoms with van der Waals surface area (Å²) in [7, 11) is 7.69. The van der Waals surface area contributed by atoms with E-state index in [-0.39, 0.29) is 29.2 Å². The van der Waals surface area contributed by atoms with Crippen LogP contribution in [0.1, 0.15) is 48.9 Å². The van der Waals surface area contributed by atoms with Crippen molar-refractivity contribution in [1.29, 1.82) is 0 Å². The minimum absolute atomic E-state index is 0.00461. The fraction of sp³-hybridized carbons (Fsp3) is 0.188. The van der Waals surface area contributed by atoms with Crippen LogP contribution in [0.25, 0.3) is 0 Å². The zero-order valence-electron chi connectivity index (χ0n) is 23.2. The van der Waals surface area contributed by atoms with Gasteiger partial charge in [-0.25, -0.2) is 4.79 Å². The van der Waals surface area contributed by atoms with E-state index in [0.29, 0.717) is 22.6 Å². The number of carboxylic acids is 1. The van der Waals surface area contributed by atoms with Gasteiger partial charge in [-0.15, -0.1) is 0 Å². The third-order valence-corrected chi connectivity index (χ3v) is 7.28. The number of para-hydroxylation sites is 1. The van der Waals surface area contributed by atoms with Crippen LogP contribution in [0.3, 0.4) is 0 Å². The average molecular weight is 554 g/mol. The normalized spacial score (nSPS) is 12.1. The van der Waals surface area contributed by atoms with Gasteiger partial charge in [0.05, 0.1) is 5.56 Å². The Morgan fingerprint density at radius 1 is 0.805 bits per heavy atom. The molecule has 1 heterocycles. The summed E-state index contributed by atoms with van der Waals surface area (Å²) in [5, 5.41) is 33.1. The number of nitrogens with one attached hydrogen (secondary N) is 1. The van der Waals surface area contributed by atoms with Crippen LogP contribution in [-0.2, 0) is 6.54 Å². The van der Waals surface area contributed by atoms with Crippen LogP contribution in [0.2, 0.25) is 0 Å². The summed E-state index contributed by atoms with van der Waals surface area (Å²) in [5.74, 6) is -1.78. The Morgan fingerprint density at radius 2 is 1.37 bits per heavy atom. The van der Waals surface area contributed by atoms with Crippen molar-refractivity contribution in [3.05, 3.63) is 106 Å². The first-order valence-electron chi connectivity index (χ1n) is 13.0. The number of rotatable bonds is 7. The lowest BCUT2D eigenvalue weighted by atomic mass is 9.78. The average Bonchev–Trinajstić information content (AvgIpc) is 2.95. The summed E-state index contributed by atoms with van der Waals surface area (Å²) in [4.78, 5) is 30.1. The van der Waals surface area contributed by atoms with Crippen molar-refractivity contribution in [2.24, 2.45) is 0 Å². The molecule has 0 fully saturated rings. The zero-order valence-corrected chi connectivity index (χ0v) is 23.2. The minimum atomic E-state index is -1.16. The van der Waals surface area contributed by atoms with Crippen LogP contribution in [0.15, 0.2) is 72.8 Å². The number of hydrogen-bond acceptors (Lipinski definition) is 7. The molecular formula is C32H31N3O6. The van der Waals surface area contributed by atoms with Gasteiger partial charge in [-0.3, -0.25) is 4.79 Å². The molecule has 0 aliphatic carbocycles. The van der Waals surface area contributed by atoms with Crippen molar-refractivity contribution >= 4 is 23.3 Å². The molecule has 0 atom stereocenters. The molecule has 0 unspecified atom stereocenters. The molecule has 9 heteroatoms. The van der Waals surface area contributed by atoms with Crippen molar-refractivity contribution in [2.45, 2.75) is 12.5 Å². The van der Waals surface area contributed by atoms with Gasteiger partial charge in [-0.1, -0.05) is 30.3 Å². The van der Waals surface area contributed by atoms with E-state index >= 15 is 0 Å². The summed E-state index contributed by atoms with van der Waals surface area (Å²) >= 11 is 0. The predicted octanol–water partition coefficient (Wildman–Crippen LogP) is 5.14. The van der Waals surface area contributed by atoms with Crippen LogP contribution in [-0.4, -0.2) is 55.4 Å². The molecule has 9 nitrogen and oxygen atoms in total. The number of benzene rings is 4. The highest BCUT2D eigenvalue weighted by Gasteiger charge is 2.35. The first kappa shape index (κ1) is 27.4. The van der Waals surface area contributed by atoms with Crippen molar-refractivity contribution < 1.29 is 29.6 Å². The lowest BCUT2D eigenvalue weighted by Crippen LogP contribution is -2.27. The monoisotopic (exact) mass is 553 g/mol. The van der Waals surface area contributed by atoms with Crippen molar-refractivity contribution in [2.75, 3.05) is 38.0 Å². The molecule has 0 radical (unpaired) electrons. The molecule has 0 saturated heterocycles. The maximum absolute atomic E-state index is 13.7. The number of phenolic OH excluding ortho intramolecular Hbond substituents is 2. The first-order valence-corrected chi connectivity index (χ1v) is 13.0. The summed E-state index contributed by atoms with van der Waals surface area (Å²) in [6, 6.07) is 20.6. The molecule has 0 saturated carbocycles. The van der Waals surface area contributed by atoms with Gasteiger partial charge in [0.1, 0.15) is 11.5 Å². The molecule has 4 N–H and O–H groups in total. The van der Waals surface area contributed by atoms with E-state index in [1.807, 2.05) is 74.4 Å². The Morgan fingerprint density at radius 3 is 1.93 bits per heavy atom. The maximum Gasteiger partial charge on any atom is 0.336 e. The van der Waals surface area contributed by atoms with Gasteiger partial charge < -0.3 is 35.2 Å². The molecule has 0 aromatic heterocycles. The Kier molecular flexibility index (Phi) is 7.19. The predicted molar refractivity (Wildman–Crippen MR) is 157 cm³/mol. The minimum Gasteiger partial charge on any atom is -0.504 e.